The Bertz CT molecular complexity index is 820. The molecule has 0 spiro atoms. The number of carbonyl (C=O) groups excluding carboxylic acids is 2. The first-order valence-corrected chi connectivity index (χ1v) is 9.16. The molecule has 3 rings (SSSR count). The van der Waals surface area contributed by atoms with Crippen molar-refractivity contribution in [3.8, 4) is 0 Å². The van der Waals surface area contributed by atoms with Crippen LogP contribution < -0.4 is 15.1 Å². The van der Waals surface area contributed by atoms with Gasteiger partial charge in [0.05, 0.1) is 24.3 Å². The fourth-order valence-corrected chi connectivity index (χ4v) is 3.16. The van der Waals surface area contributed by atoms with Gasteiger partial charge in [0.15, 0.2) is 6.10 Å². The maximum atomic E-state index is 13.6. The average molecular weight is 433 g/mol. The summed E-state index contributed by atoms with van der Waals surface area (Å²) in [5, 5.41) is 2.91. The van der Waals surface area contributed by atoms with E-state index in [2.05, 4.69) is 5.32 Å². The molecule has 1 aromatic carbocycles. The van der Waals surface area contributed by atoms with Gasteiger partial charge in [-0.25, -0.2) is 9.59 Å². The lowest BCUT2D eigenvalue weighted by Gasteiger charge is -2.22. The summed E-state index contributed by atoms with van der Waals surface area (Å²) in [6.45, 7) is 2.38. The van der Waals surface area contributed by atoms with Crippen LogP contribution in [0.2, 0.25) is 0 Å². The maximum absolute atomic E-state index is 13.6. The standard InChI is InChI=1S/C17H18F3N3O5S/c1-2-21-14(29)27-9-11-8-23(16(25)28-11)10-3-4-13(12(7-10)17(18,19)20)22-5-6-26-15(22)24/h3-4,7,11H,2,5-6,8-9H2,1H3,(H,21,29)/t11-/m0/s1. The number of amides is 2. The molecule has 2 fully saturated rings. The second-order valence-electron chi connectivity index (χ2n) is 6.21. The average Bonchev–Trinajstić information content (AvgIpc) is 3.24. The number of hydrogen-bond donors (Lipinski definition) is 1. The summed E-state index contributed by atoms with van der Waals surface area (Å²) in [6, 6.07) is 3.28. The third kappa shape index (κ3) is 4.63. The fourth-order valence-electron chi connectivity index (χ4n) is 2.95. The Labute approximate surface area is 169 Å². The van der Waals surface area contributed by atoms with Crippen LogP contribution in [0, 0.1) is 0 Å². The van der Waals surface area contributed by atoms with E-state index in [0.29, 0.717) is 6.54 Å². The molecule has 8 nitrogen and oxygen atoms in total. The first-order valence-electron chi connectivity index (χ1n) is 8.75. The molecule has 1 aromatic rings. The summed E-state index contributed by atoms with van der Waals surface area (Å²) in [5.74, 6) is 0. The van der Waals surface area contributed by atoms with Gasteiger partial charge in [-0.05, 0) is 37.3 Å². The van der Waals surface area contributed by atoms with Crippen LogP contribution in [0.4, 0.5) is 34.1 Å². The van der Waals surface area contributed by atoms with Crippen molar-refractivity contribution in [2.24, 2.45) is 0 Å². The summed E-state index contributed by atoms with van der Waals surface area (Å²) in [4.78, 5) is 25.8. The lowest BCUT2D eigenvalue weighted by atomic mass is 10.1. The van der Waals surface area contributed by atoms with Crippen LogP contribution in [-0.4, -0.2) is 56.3 Å². The van der Waals surface area contributed by atoms with E-state index in [0.717, 1.165) is 21.9 Å². The topological polar surface area (TPSA) is 80.3 Å². The van der Waals surface area contributed by atoms with Crippen LogP contribution in [0.3, 0.4) is 0 Å². The largest absolute Gasteiger partial charge is 0.467 e. The molecule has 158 valence electrons. The summed E-state index contributed by atoms with van der Waals surface area (Å²) < 4.78 is 55.9. The molecule has 2 amide bonds. The molecule has 0 aliphatic carbocycles. The number of anilines is 2. The molecule has 2 saturated heterocycles. The highest BCUT2D eigenvalue weighted by Crippen LogP contribution is 2.40. The zero-order chi connectivity index (χ0) is 21.2. The molecule has 2 aliphatic heterocycles. The number of ether oxygens (including phenoxy) is 3. The van der Waals surface area contributed by atoms with Crippen molar-refractivity contribution < 1.29 is 37.0 Å². The van der Waals surface area contributed by atoms with E-state index in [4.69, 9.17) is 26.4 Å². The van der Waals surface area contributed by atoms with Crippen LogP contribution in [0.5, 0.6) is 0 Å². The Hall–Kier alpha value is -2.76. The Morgan fingerprint density at radius 2 is 2.07 bits per heavy atom. The predicted molar refractivity (Wildman–Crippen MR) is 100.0 cm³/mol. The maximum Gasteiger partial charge on any atom is 0.418 e. The van der Waals surface area contributed by atoms with E-state index in [1.54, 1.807) is 0 Å². The second-order valence-corrected chi connectivity index (χ2v) is 6.58. The molecule has 1 atom stereocenters. The van der Waals surface area contributed by atoms with E-state index in [1.165, 1.54) is 6.07 Å². The first kappa shape index (κ1) is 21.0. The highest BCUT2D eigenvalue weighted by molar-refractivity contribution is 7.80. The van der Waals surface area contributed by atoms with Gasteiger partial charge in [-0.3, -0.25) is 9.80 Å². The second kappa shape index (κ2) is 8.31. The normalized spacial score (nSPS) is 19.2. The number of nitrogens with one attached hydrogen (secondary N) is 1. The smallest absolute Gasteiger partial charge is 0.418 e. The van der Waals surface area contributed by atoms with Gasteiger partial charge in [-0.1, -0.05) is 0 Å². The van der Waals surface area contributed by atoms with Crippen LogP contribution in [-0.2, 0) is 20.4 Å². The molecule has 0 unspecified atom stereocenters. The van der Waals surface area contributed by atoms with Crippen LogP contribution in [0.25, 0.3) is 0 Å². The Morgan fingerprint density at radius 1 is 1.31 bits per heavy atom. The van der Waals surface area contributed by atoms with Crippen molar-refractivity contribution in [1.29, 1.82) is 0 Å². The van der Waals surface area contributed by atoms with E-state index in [-0.39, 0.29) is 42.9 Å². The molecule has 12 heteroatoms. The highest BCUT2D eigenvalue weighted by Gasteiger charge is 2.40. The molecular formula is C17H18F3N3O5S. The number of benzene rings is 1. The van der Waals surface area contributed by atoms with Crippen LogP contribution >= 0.6 is 12.2 Å². The van der Waals surface area contributed by atoms with Crippen molar-refractivity contribution >= 4 is 41.0 Å². The molecule has 2 aliphatic rings. The van der Waals surface area contributed by atoms with Crippen molar-refractivity contribution in [3.05, 3.63) is 23.8 Å². The SMILES string of the molecule is CCNC(=S)OC[C@@H]1CN(c2ccc(N3CCOC3=O)c(C(F)(F)F)c2)C(=O)O1. The summed E-state index contributed by atoms with van der Waals surface area (Å²) in [7, 11) is 0. The zero-order valence-electron chi connectivity index (χ0n) is 15.3. The quantitative estimate of drug-likeness (QED) is 0.716. The molecule has 0 saturated carbocycles. The van der Waals surface area contributed by atoms with Crippen LogP contribution in [0.1, 0.15) is 12.5 Å². The van der Waals surface area contributed by atoms with Gasteiger partial charge in [0.1, 0.15) is 13.2 Å². The first-order chi connectivity index (χ1) is 13.7. The monoisotopic (exact) mass is 433 g/mol. The van der Waals surface area contributed by atoms with Gasteiger partial charge < -0.3 is 19.5 Å². The van der Waals surface area contributed by atoms with Gasteiger partial charge in [0, 0.05) is 12.2 Å². The third-order valence-corrected chi connectivity index (χ3v) is 4.51. The minimum Gasteiger partial charge on any atom is -0.467 e. The van der Waals surface area contributed by atoms with Gasteiger partial charge in [0.2, 0.25) is 0 Å². The van der Waals surface area contributed by atoms with E-state index in [9.17, 15) is 22.8 Å². The summed E-state index contributed by atoms with van der Waals surface area (Å²) in [6.07, 6.45) is -7.08. The van der Waals surface area contributed by atoms with Crippen molar-refractivity contribution in [2.45, 2.75) is 19.2 Å². The zero-order valence-corrected chi connectivity index (χ0v) is 16.1. The summed E-state index contributed by atoms with van der Waals surface area (Å²) in [5.41, 5.74) is -1.38. The van der Waals surface area contributed by atoms with Gasteiger partial charge in [-0.2, -0.15) is 13.2 Å². The number of rotatable bonds is 5. The minimum atomic E-state index is -4.74. The van der Waals surface area contributed by atoms with Crippen molar-refractivity contribution in [1.82, 2.24) is 5.32 Å². The van der Waals surface area contributed by atoms with E-state index < -0.39 is 30.0 Å². The number of carbonyl (C=O) groups is 2. The predicted octanol–water partition coefficient (Wildman–Crippen LogP) is 2.90. The number of thiocarbonyl (C=S) groups is 1. The molecular weight excluding hydrogens is 415 g/mol. The number of nitrogens with zero attached hydrogens (tertiary/aromatic N) is 2. The minimum absolute atomic E-state index is 0.00400. The van der Waals surface area contributed by atoms with Gasteiger partial charge in [0.25, 0.3) is 5.17 Å². The molecule has 0 radical (unpaired) electrons. The highest BCUT2D eigenvalue weighted by atomic mass is 32.1. The van der Waals surface area contributed by atoms with Gasteiger partial charge in [-0.15, -0.1) is 0 Å². The van der Waals surface area contributed by atoms with Crippen molar-refractivity contribution in [2.75, 3.05) is 42.6 Å². The molecule has 2 heterocycles. The Kier molecular flexibility index (Phi) is 6.01. The van der Waals surface area contributed by atoms with Crippen molar-refractivity contribution in [3.63, 3.8) is 0 Å². The molecule has 0 bridgehead atoms. The van der Waals surface area contributed by atoms with E-state index in [1.807, 2.05) is 6.92 Å². The Morgan fingerprint density at radius 3 is 2.69 bits per heavy atom. The molecule has 1 N–H and O–H groups in total. The summed E-state index contributed by atoms with van der Waals surface area (Å²) >= 11 is 4.92. The van der Waals surface area contributed by atoms with Crippen LogP contribution in [0.15, 0.2) is 18.2 Å². The third-order valence-electron chi connectivity index (χ3n) is 4.24. The lowest BCUT2D eigenvalue weighted by Crippen LogP contribution is -2.30. The molecule has 29 heavy (non-hydrogen) atoms. The lowest BCUT2D eigenvalue weighted by molar-refractivity contribution is -0.137. The number of halogens is 3. The fraction of sp³-hybridized carbons (Fsp3) is 0.471. The molecule has 0 aromatic heterocycles. The van der Waals surface area contributed by atoms with E-state index >= 15 is 0 Å². The van der Waals surface area contributed by atoms with Gasteiger partial charge >= 0.3 is 18.4 Å². The number of cyclic esters (lactones) is 2. The number of alkyl halides is 3. The Balaban J connectivity index is 1.79. The number of hydrogen-bond acceptors (Lipinski definition) is 6.